The van der Waals surface area contributed by atoms with Gasteiger partial charge in [0.25, 0.3) is 0 Å². The van der Waals surface area contributed by atoms with E-state index in [1.54, 1.807) is 7.11 Å². The second-order valence-electron chi connectivity index (χ2n) is 4.66. The van der Waals surface area contributed by atoms with Crippen molar-refractivity contribution >= 4 is 10.8 Å². The SMILES string of the molecule is COc1ccc2cccc3c2c1CCC3CN. The Balaban J connectivity index is 2.35. The molecule has 1 aliphatic carbocycles. The number of hydrogen-bond donors (Lipinski definition) is 1. The van der Waals surface area contributed by atoms with E-state index < -0.39 is 0 Å². The van der Waals surface area contributed by atoms with Crippen LogP contribution in [-0.4, -0.2) is 13.7 Å². The third-order valence-electron chi connectivity index (χ3n) is 3.83. The second-order valence-corrected chi connectivity index (χ2v) is 4.66. The zero-order valence-corrected chi connectivity index (χ0v) is 10.1. The molecule has 1 aliphatic rings. The zero-order valence-electron chi connectivity index (χ0n) is 10.1. The molecule has 0 aliphatic heterocycles. The van der Waals surface area contributed by atoms with E-state index in [9.17, 15) is 0 Å². The summed E-state index contributed by atoms with van der Waals surface area (Å²) in [7, 11) is 1.75. The number of rotatable bonds is 2. The number of aryl methyl sites for hydroxylation is 1. The van der Waals surface area contributed by atoms with E-state index in [2.05, 4.69) is 30.3 Å². The molecule has 0 saturated heterocycles. The fraction of sp³-hybridized carbons (Fsp3) is 0.333. The van der Waals surface area contributed by atoms with Gasteiger partial charge >= 0.3 is 0 Å². The Kier molecular flexibility index (Phi) is 2.52. The molecule has 0 fully saturated rings. The lowest BCUT2D eigenvalue weighted by molar-refractivity contribution is 0.408. The van der Waals surface area contributed by atoms with Crippen molar-refractivity contribution in [3.63, 3.8) is 0 Å². The van der Waals surface area contributed by atoms with Gasteiger partial charge in [-0.2, -0.15) is 0 Å². The van der Waals surface area contributed by atoms with E-state index in [0.29, 0.717) is 5.92 Å². The van der Waals surface area contributed by atoms with Crippen LogP contribution in [0, 0.1) is 0 Å². The summed E-state index contributed by atoms with van der Waals surface area (Å²) in [5, 5.41) is 2.67. The molecule has 0 spiro atoms. The molecular formula is C15H17NO. The van der Waals surface area contributed by atoms with Gasteiger partial charge in [-0.1, -0.05) is 24.3 Å². The maximum absolute atomic E-state index is 5.87. The highest BCUT2D eigenvalue weighted by molar-refractivity contribution is 5.92. The molecule has 2 aromatic rings. The minimum absolute atomic E-state index is 0.498. The molecule has 2 aromatic carbocycles. The van der Waals surface area contributed by atoms with Crippen molar-refractivity contribution in [1.29, 1.82) is 0 Å². The zero-order chi connectivity index (χ0) is 11.8. The average molecular weight is 227 g/mol. The molecule has 2 nitrogen and oxygen atoms in total. The van der Waals surface area contributed by atoms with Gasteiger partial charge in [0.1, 0.15) is 5.75 Å². The summed E-state index contributed by atoms with van der Waals surface area (Å²) in [4.78, 5) is 0. The summed E-state index contributed by atoms with van der Waals surface area (Å²) in [6.45, 7) is 0.732. The molecule has 88 valence electrons. The molecule has 0 heterocycles. The molecule has 3 rings (SSSR count). The van der Waals surface area contributed by atoms with Crippen LogP contribution in [0.2, 0.25) is 0 Å². The predicted molar refractivity (Wildman–Crippen MR) is 70.6 cm³/mol. The standard InChI is InChI=1S/C15H17NO/c1-17-14-8-6-10-3-2-4-12-11(9-16)5-7-13(14)15(10)12/h2-4,6,8,11H,5,7,9,16H2,1H3. The summed E-state index contributed by atoms with van der Waals surface area (Å²) in [6.07, 6.45) is 2.20. The largest absolute Gasteiger partial charge is 0.496 e. The second kappa shape index (κ2) is 4.04. The van der Waals surface area contributed by atoms with Crippen LogP contribution in [0.4, 0.5) is 0 Å². The van der Waals surface area contributed by atoms with Gasteiger partial charge in [-0.05, 0) is 47.7 Å². The van der Waals surface area contributed by atoms with E-state index >= 15 is 0 Å². The average Bonchev–Trinajstić information content (AvgIpc) is 2.40. The van der Waals surface area contributed by atoms with Crippen molar-refractivity contribution in [3.8, 4) is 5.75 Å². The quantitative estimate of drug-likeness (QED) is 0.856. The van der Waals surface area contributed by atoms with Crippen LogP contribution < -0.4 is 10.5 Å². The summed E-state index contributed by atoms with van der Waals surface area (Å²) >= 11 is 0. The Labute approximate surface area is 101 Å². The van der Waals surface area contributed by atoms with Crippen LogP contribution in [0.3, 0.4) is 0 Å². The van der Waals surface area contributed by atoms with Crippen LogP contribution in [0.15, 0.2) is 30.3 Å². The van der Waals surface area contributed by atoms with Gasteiger partial charge in [0.2, 0.25) is 0 Å². The van der Waals surface area contributed by atoms with E-state index in [-0.39, 0.29) is 0 Å². The van der Waals surface area contributed by atoms with Gasteiger partial charge in [-0.25, -0.2) is 0 Å². The van der Waals surface area contributed by atoms with Crippen molar-refractivity contribution in [1.82, 2.24) is 0 Å². The van der Waals surface area contributed by atoms with Gasteiger partial charge < -0.3 is 10.5 Å². The Morgan fingerprint density at radius 3 is 2.94 bits per heavy atom. The first-order valence-corrected chi connectivity index (χ1v) is 6.13. The van der Waals surface area contributed by atoms with Crippen LogP contribution >= 0.6 is 0 Å². The van der Waals surface area contributed by atoms with Crippen LogP contribution in [0.5, 0.6) is 5.75 Å². The lowest BCUT2D eigenvalue weighted by Gasteiger charge is -2.26. The van der Waals surface area contributed by atoms with Gasteiger partial charge in [0.05, 0.1) is 7.11 Å². The molecule has 0 radical (unpaired) electrons. The van der Waals surface area contributed by atoms with Crippen LogP contribution in [0.1, 0.15) is 23.5 Å². The minimum atomic E-state index is 0.498. The summed E-state index contributed by atoms with van der Waals surface area (Å²) in [5.74, 6) is 1.51. The number of benzene rings is 2. The van der Waals surface area contributed by atoms with E-state index in [4.69, 9.17) is 10.5 Å². The molecule has 2 heteroatoms. The molecule has 1 unspecified atom stereocenters. The summed E-state index contributed by atoms with van der Waals surface area (Å²) < 4.78 is 5.47. The van der Waals surface area contributed by atoms with Crippen molar-refractivity contribution in [2.75, 3.05) is 13.7 Å². The van der Waals surface area contributed by atoms with E-state index in [0.717, 1.165) is 25.1 Å². The molecule has 0 amide bonds. The lowest BCUT2D eigenvalue weighted by atomic mass is 9.81. The highest BCUT2D eigenvalue weighted by atomic mass is 16.5. The topological polar surface area (TPSA) is 35.2 Å². The molecule has 1 atom stereocenters. The van der Waals surface area contributed by atoms with Crippen LogP contribution in [-0.2, 0) is 6.42 Å². The third kappa shape index (κ3) is 1.52. The lowest BCUT2D eigenvalue weighted by Crippen LogP contribution is -2.17. The molecule has 2 N–H and O–H groups in total. The normalized spacial score (nSPS) is 18.4. The molecule has 0 aromatic heterocycles. The first-order valence-electron chi connectivity index (χ1n) is 6.13. The molecule has 17 heavy (non-hydrogen) atoms. The van der Waals surface area contributed by atoms with Gasteiger partial charge in [0.15, 0.2) is 0 Å². The third-order valence-corrected chi connectivity index (χ3v) is 3.83. The molecular weight excluding hydrogens is 210 g/mol. The number of nitrogens with two attached hydrogens (primary N) is 1. The van der Waals surface area contributed by atoms with Crippen molar-refractivity contribution in [2.24, 2.45) is 5.73 Å². The van der Waals surface area contributed by atoms with Crippen molar-refractivity contribution < 1.29 is 4.74 Å². The maximum Gasteiger partial charge on any atom is 0.122 e. The van der Waals surface area contributed by atoms with Crippen LogP contribution in [0.25, 0.3) is 10.8 Å². The Hall–Kier alpha value is -1.54. The number of ether oxygens (including phenoxy) is 1. The Morgan fingerprint density at radius 1 is 1.29 bits per heavy atom. The molecule has 0 saturated carbocycles. The van der Waals surface area contributed by atoms with E-state index in [1.807, 2.05) is 0 Å². The van der Waals surface area contributed by atoms with Crippen molar-refractivity contribution in [3.05, 3.63) is 41.5 Å². The molecule has 0 bridgehead atoms. The maximum atomic E-state index is 5.87. The van der Waals surface area contributed by atoms with Gasteiger partial charge in [-0.3, -0.25) is 0 Å². The minimum Gasteiger partial charge on any atom is -0.496 e. The summed E-state index contributed by atoms with van der Waals surface area (Å²) in [6, 6.07) is 10.7. The fourth-order valence-electron chi connectivity index (χ4n) is 2.96. The van der Waals surface area contributed by atoms with Crippen molar-refractivity contribution in [2.45, 2.75) is 18.8 Å². The smallest absolute Gasteiger partial charge is 0.122 e. The number of methoxy groups -OCH3 is 1. The fourth-order valence-corrected chi connectivity index (χ4v) is 2.96. The highest BCUT2D eigenvalue weighted by Crippen LogP contribution is 2.40. The van der Waals surface area contributed by atoms with Gasteiger partial charge in [0, 0.05) is 5.56 Å². The predicted octanol–water partition coefficient (Wildman–Crippen LogP) is 2.84. The van der Waals surface area contributed by atoms with Gasteiger partial charge in [-0.15, -0.1) is 0 Å². The highest BCUT2D eigenvalue weighted by Gasteiger charge is 2.22. The first-order chi connectivity index (χ1) is 8.35. The van der Waals surface area contributed by atoms with E-state index in [1.165, 1.54) is 21.9 Å². The first kappa shape index (κ1) is 10.6. The monoisotopic (exact) mass is 227 g/mol. The Bertz CT molecular complexity index is 562. The Morgan fingerprint density at radius 2 is 2.18 bits per heavy atom. The number of hydrogen-bond acceptors (Lipinski definition) is 2. The summed E-state index contributed by atoms with van der Waals surface area (Å²) in [5.41, 5.74) is 8.62.